The molecule has 2 aromatic rings. The van der Waals surface area contributed by atoms with Crippen molar-refractivity contribution in [2.24, 2.45) is 0 Å². The Hall–Kier alpha value is -1.27. The average molecular weight is 300 g/mol. The van der Waals surface area contributed by atoms with Crippen LogP contribution >= 0.6 is 15.9 Å². The van der Waals surface area contributed by atoms with Crippen molar-refractivity contribution in [2.75, 3.05) is 19.0 Å². The molecule has 17 heavy (non-hydrogen) atoms. The molecule has 6 heteroatoms. The maximum absolute atomic E-state index is 5.30. The van der Waals surface area contributed by atoms with Gasteiger partial charge in [0.1, 0.15) is 5.76 Å². The third-order valence-electron chi connectivity index (χ3n) is 2.30. The van der Waals surface area contributed by atoms with Gasteiger partial charge in [-0.2, -0.15) is 5.10 Å². The number of anilines is 1. The first-order chi connectivity index (χ1) is 8.29. The van der Waals surface area contributed by atoms with Crippen LogP contribution < -0.4 is 5.32 Å². The van der Waals surface area contributed by atoms with Crippen molar-refractivity contribution in [1.29, 1.82) is 0 Å². The van der Waals surface area contributed by atoms with Gasteiger partial charge in [0.05, 0.1) is 42.3 Å². The molecule has 0 radical (unpaired) electrons. The monoisotopic (exact) mass is 299 g/mol. The number of furan rings is 1. The van der Waals surface area contributed by atoms with Crippen molar-refractivity contribution >= 4 is 21.6 Å². The highest BCUT2D eigenvalue weighted by atomic mass is 79.9. The SMILES string of the molecule is COCCn1cc(NCc2occc2Br)cn1. The molecule has 0 aliphatic carbocycles. The van der Waals surface area contributed by atoms with Crippen LogP contribution in [0.4, 0.5) is 5.69 Å². The van der Waals surface area contributed by atoms with E-state index in [4.69, 9.17) is 9.15 Å². The van der Waals surface area contributed by atoms with Crippen molar-refractivity contribution in [3.05, 3.63) is 35.0 Å². The molecular formula is C11H14BrN3O2. The lowest BCUT2D eigenvalue weighted by Gasteiger charge is -2.01. The normalized spacial score (nSPS) is 10.7. The minimum absolute atomic E-state index is 0.629. The van der Waals surface area contributed by atoms with Crippen LogP contribution in [0.1, 0.15) is 5.76 Å². The number of hydrogen-bond acceptors (Lipinski definition) is 4. The van der Waals surface area contributed by atoms with Gasteiger partial charge in [0.25, 0.3) is 0 Å². The molecule has 0 fully saturated rings. The summed E-state index contributed by atoms with van der Waals surface area (Å²) in [4.78, 5) is 0. The van der Waals surface area contributed by atoms with Gasteiger partial charge in [0.15, 0.2) is 0 Å². The summed E-state index contributed by atoms with van der Waals surface area (Å²) in [7, 11) is 1.68. The second-order valence-electron chi connectivity index (χ2n) is 3.53. The van der Waals surface area contributed by atoms with Crippen LogP contribution in [-0.4, -0.2) is 23.5 Å². The van der Waals surface area contributed by atoms with Gasteiger partial charge in [-0.1, -0.05) is 0 Å². The Balaban J connectivity index is 1.87. The maximum Gasteiger partial charge on any atom is 0.136 e. The van der Waals surface area contributed by atoms with E-state index in [1.165, 1.54) is 0 Å². The largest absolute Gasteiger partial charge is 0.466 e. The quantitative estimate of drug-likeness (QED) is 0.890. The number of methoxy groups -OCH3 is 1. The molecule has 0 aliphatic rings. The van der Waals surface area contributed by atoms with Gasteiger partial charge in [0, 0.05) is 13.3 Å². The predicted molar refractivity (Wildman–Crippen MR) is 67.8 cm³/mol. The van der Waals surface area contributed by atoms with Crippen LogP contribution in [0.25, 0.3) is 0 Å². The van der Waals surface area contributed by atoms with Gasteiger partial charge in [-0.25, -0.2) is 0 Å². The van der Waals surface area contributed by atoms with E-state index in [2.05, 4.69) is 26.3 Å². The summed E-state index contributed by atoms with van der Waals surface area (Å²) in [6.07, 6.45) is 5.38. The fraction of sp³-hybridized carbons (Fsp3) is 0.364. The van der Waals surface area contributed by atoms with Crippen molar-refractivity contribution in [2.45, 2.75) is 13.1 Å². The van der Waals surface area contributed by atoms with E-state index < -0.39 is 0 Å². The number of aromatic nitrogens is 2. The average Bonchev–Trinajstić information content (AvgIpc) is 2.93. The van der Waals surface area contributed by atoms with E-state index in [0.717, 1.165) is 22.5 Å². The highest BCUT2D eigenvalue weighted by Crippen LogP contribution is 2.18. The van der Waals surface area contributed by atoms with Gasteiger partial charge in [0.2, 0.25) is 0 Å². The van der Waals surface area contributed by atoms with Crippen LogP contribution in [-0.2, 0) is 17.8 Å². The molecule has 5 nitrogen and oxygen atoms in total. The molecule has 0 bridgehead atoms. The lowest BCUT2D eigenvalue weighted by Crippen LogP contribution is -2.04. The summed E-state index contributed by atoms with van der Waals surface area (Å²) < 4.78 is 13.1. The lowest BCUT2D eigenvalue weighted by molar-refractivity contribution is 0.183. The molecule has 0 spiro atoms. The summed E-state index contributed by atoms with van der Waals surface area (Å²) in [5.74, 6) is 0.870. The van der Waals surface area contributed by atoms with E-state index in [-0.39, 0.29) is 0 Å². The molecule has 0 aromatic carbocycles. The molecular weight excluding hydrogens is 286 g/mol. The van der Waals surface area contributed by atoms with Crippen molar-refractivity contribution in [1.82, 2.24) is 9.78 Å². The molecule has 0 atom stereocenters. The number of ether oxygens (including phenoxy) is 1. The van der Waals surface area contributed by atoms with E-state index in [9.17, 15) is 0 Å². The Morgan fingerprint density at radius 3 is 3.18 bits per heavy atom. The van der Waals surface area contributed by atoms with Crippen LogP contribution in [0.2, 0.25) is 0 Å². The van der Waals surface area contributed by atoms with E-state index in [1.807, 2.05) is 16.9 Å². The number of nitrogens with zero attached hydrogens (tertiary/aromatic N) is 2. The fourth-order valence-electron chi connectivity index (χ4n) is 1.40. The molecule has 1 N–H and O–H groups in total. The van der Waals surface area contributed by atoms with Crippen LogP contribution in [0.5, 0.6) is 0 Å². The molecule has 2 heterocycles. The molecule has 92 valence electrons. The second-order valence-corrected chi connectivity index (χ2v) is 4.38. The third-order valence-corrected chi connectivity index (χ3v) is 3.01. The Morgan fingerprint density at radius 1 is 1.59 bits per heavy atom. The Bertz CT molecular complexity index is 467. The molecule has 0 aliphatic heterocycles. The Labute approximate surface area is 108 Å². The number of nitrogens with one attached hydrogen (secondary N) is 1. The van der Waals surface area contributed by atoms with Gasteiger partial charge in [-0.15, -0.1) is 0 Å². The molecule has 0 saturated heterocycles. The predicted octanol–water partition coefficient (Wildman–Crippen LogP) is 2.50. The molecule has 2 aromatic heterocycles. The molecule has 2 rings (SSSR count). The minimum Gasteiger partial charge on any atom is -0.466 e. The first kappa shape index (κ1) is 12.2. The fourth-order valence-corrected chi connectivity index (χ4v) is 1.74. The lowest BCUT2D eigenvalue weighted by atomic mass is 10.4. The topological polar surface area (TPSA) is 52.2 Å². The zero-order valence-electron chi connectivity index (χ0n) is 9.52. The molecule has 0 amide bonds. The minimum atomic E-state index is 0.629. The summed E-state index contributed by atoms with van der Waals surface area (Å²) in [6.45, 7) is 2.04. The van der Waals surface area contributed by atoms with Crippen LogP contribution in [0.3, 0.4) is 0 Å². The van der Waals surface area contributed by atoms with Crippen molar-refractivity contribution in [3.63, 3.8) is 0 Å². The zero-order chi connectivity index (χ0) is 12.1. The summed E-state index contributed by atoms with van der Waals surface area (Å²) in [5.41, 5.74) is 0.962. The highest BCUT2D eigenvalue weighted by molar-refractivity contribution is 9.10. The first-order valence-electron chi connectivity index (χ1n) is 5.26. The van der Waals surface area contributed by atoms with Crippen molar-refractivity contribution < 1.29 is 9.15 Å². The van der Waals surface area contributed by atoms with Gasteiger partial charge >= 0.3 is 0 Å². The van der Waals surface area contributed by atoms with E-state index >= 15 is 0 Å². The third kappa shape index (κ3) is 3.34. The zero-order valence-corrected chi connectivity index (χ0v) is 11.1. The van der Waals surface area contributed by atoms with E-state index in [0.29, 0.717) is 13.2 Å². The van der Waals surface area contributed by atoms with Gasteiger partial charge in [-0.05, 0) is 22.0 Å². The Kier molecular flexibility index (Phi) is 4.22. The standard InChI is InChI=1S/C11H14BrN3O2/c1-16-5-3-15-8-9(6-14-15)13-7-11-10(12)2-4-17-11/h2,4,6,8,13H,3,5,7H2,1H3. The second kappa shape index (κ2) is 5.88. The number of hydrogen-bond donors (Lipinski definition) is 1. The smallest absolute Gasteiger partial charge is 0.136 e. The maximum atomic E-state index is 5.30. The van der Waals surface area contributed by atoms with Crippen LogP contribution in [0.15, 0.2) is 33.6 Å². The molecule has 0 saturated carbocycles. The Morgan fingerprint density at radius 2 is 2.47 bits per heavy atom. The van der Waals surface area contributed by atoms with Gasteiger partial charge < -0.3 is 14.5 Å². The number of halogens is 1. The highest BCUT2D eigenvalue weighted by Gasteiger charge is 2.04. The van der Waals surface area contributed by atoms with Crippen molar-refractivity contribution in [3.8, 4) is 0 Å². The van der Waals surface area contributed by atoms with E-state index in [1.54, 1.807) is 19.6 Å². The summed E-state index contributed by atoms with van der Waals surface area (Å²) >= 11 is 3.41. The van der Waals surface area contributed by atoms with Gasteiger partial charge in [-0.3, -0.25) is 4.68 Å². The molecule has 0 unspecified atom stereocenters. The van der Waals surface area contributed by atoms with Crippen LogP contribution in [0, 0.1) is 0 Å². The first-order valence-corrected chi connectivity index (χ1v) is 6.06. The summed E-state index contributed by atoms with van der Waals surface area (Å²) in [5, 5.41) is 7.44. The summed E-state index contributed by atoms with van der Waals surface area (Å²) in [6, 6.07) is 1.87. The number of rotatable bonds is 6.